The fourth-order valence-electron chi connectivity index (χ4n) is 0.733. The van der Waals surface area contributed by atoms with Crippen LogP contribution in [0.2, 0.25) is 0 Å². The largest absolute Gasteiger partial charge is 0.491 e. The molecule has 60 valence electrons. The van der Waals surface area contributed by atoms with Gasteiger partial charge in [-0.3, -0.25) is 4.99 Å². The van der Waals surface area contributed by atoms with Crippen LogP contribution in [0, 0.1) is 0 Å². The summed E-state index contributed by atoms with van der Waals surface area (Å²) in [5.74, 6) is 1.24. The van der Waals surface area contributed by atoms with Crippen LogP contribution >= 0.6 is 0 Å². The minimum atomic E-state index is 0.375. The van der Waals surface area contributed by atoms with Gasteiger partial charge >= 0.3 is 0 Å². The van der Waals surface area contributed by atoms with Crippen LogP contribution < -0.4 is 0 Å². The predicted octanol–water partition coefficient (Wildman–Crippen LogP) is 0.604. The van der Waals surface area contributed by atoms with Gasteiger partial charge in [-0.05, 0) is 0 Å². The maximum Gasteiger partial charge on any atom is 0.183 e. The molecule has 1 rings (SSSR count). The Labute approximate surface area is 65.3 Å². The van der Waals surface area contributed by atoms with Crippen molar-refractivity contribution in [1.82, 2.24) is 0 Å². The van der Waals surface area contributed by atoms with Gasteiger partial charge in [0.1, 0.15) is 0 Å². The zero-order chi connectivity index (χ0) is 8.10. The highest BCUT2D eigenvalue weighted by atomic mass is 16.5. The SMILES string of the molecule is CN=C/C(OC)=C1/C=NCO1. The van der Waals surface area contributed by atoms with Crippen LogP contribution in [0.3, 0.4) is 0 Å². The van der Waals surface area contributed by atoms with E-state index in [1.807, 2.05) is 0 Å². The fourth-order valence-corrected chi connectivity index (χ4v) is 0.733. The minimum Gasteiger partial charge on any atom is -0.491 e. The molecule has 0 amide bonds. The van der Waals surface area contributed by atoms with Gasteiger partial charge in [0.2, 0.25) is 0 Å². The van der Waals surface area contributed by atoms with Crippen molar-refractivity contribution >= 4 is 12.4 Å². The summed E-state index contributed by atoms with van der Waals surface area (Å²) in [5.41, 5.74) is 0. The molecule has 4 nitrogen and oxygen atoms in total. The van der Waals surface area contributed by atoms with E-state index in [-0.39, 0.29) is 0 Å². The molecule has 0 radical (unpaired) electrons. The number of methoxy groups -OCH3 is 1. The van der Waals surface area contributed by atoms with Crippen LogP contribution in [0.15, 0.2) is 21.5 Å². The Kier molecular flexibility index (Phi) is 2.66. The standard InChI is InChI=1S/C7H10N2O2/c1-8-3-6(10-2)7-4-9-5-11-7/h3-4H,5H2,1-2H3/b7-6+,8-3?. The smallest absolute Gasteiger partial charge is 0.183 e. The second-order valence-corrected chi connectivity index (χ2v) is 1.91. The highest BCUT2D eigenvalue weighted by molar-refractivity contribution is 5.88. The van der Waals surface area contributed by atoms with Crippen LogP contribution in [0.5, 0.6) is 0 Å². The predicted molar refractivity (Wildman–Crippen MR) is 42.9 cm³/mol. The first-order valence-corrected chi connectivity index (χ1v) is 3.21. The van der Waals surface area contributed by atoms with Crippen molar-refractivity contribution in [2.75, 3.05) is 20.9 Å². The van der Waals surface area contributed by atoms with Crippen LogP contribution in [-0.4, -0.2) is 33.3 Å². The molecule has 0 aromatic heterocycles. The molecule has 0 N–H and O–H groups in total. The van der Waals surface area contributed by atoms with Gasteiger partial charge in [0, 0.05) is 7.05 Å². The van der Waals surface area contributed by atoms with Gasteiger partial charge in [0.25, 0.3) is 0 Å². The molecular formula is C7H10N2O2. The van der Waals surface area contributed by atoms with Crippen LogP contribution in [0.25, 0.3) is 0 Å². The molecule has 0 saturated carbocycles. The first-order valence-electron chi connectivity index (χ1n) is 3.21. The molecule has 0 fully saturated rings. The zero-order valence-electron chi connectivity index (χ0n) is 6.57. The number of hydrogen-bond donors (Lipinski definition) is 0. The van der Waals surface area contributed by atoms with Gasteiger partial charge in [-0.1, -0.05) is 0 Å². The van der Waals surface area contributed by atoms with Gasteiger partial charge in [0.15, 0.2) is 18.2 Å². The first kappa shape index (κ1) is 7.78. The summed E-state index contributed by atoms with van der Waals surface area (Å²) in [4.78, 5) is 7.67. The van der Waals surface area contributed by atoms with Crippen molar-refractivity contribution in [1.29, 1.82) is 0 Å². The summed E-state index contributed by atoms with van der Waals surface area (Å²) in [6.45, 7) is 0.375. The lowest BCUT2D eigenvalue weighted by atomic mass is 10.4. The summed E-state index contributed by atoms with van der Waals surface area (Å²) in [6, 6.07) is 0. The lowest BCUT2D eigenvalue weighted by molar-refractivity contribution is 0.227. The minimum absolute atomic E-state index is 0.375. The average Bonchev–Trinajstić information content (AvgIpc) is 2.52. The van der Waals surface area contributed by atoms with Gasteiger partial charge in [-0.15, -0.1) is 0 Å². The molecule has 1 heterocycles. The van der Waals surface area contributed by atoms with Crippen LogP contribution in [0.1, 0.15) is 0 Å². The molecule has 11 heavy (non-hydrogen) atoms. The molecule has 0 unspecified atom stereocenters. The Morgan fingerprint density at radius 1 is 1.91 bits per heavy atom. The van der Waals surface area contributed by atoms with E-state index in [2.05, 4.69) is 9.98 Å². The molecule has 0 aromatic rings. The Hall–Kier alpha value is -1.32. The van der Waals surface area contributed by atoms with Crippen LogP contribution in [0.4, 0.5) is 0 Å². The third-order valence-corrected chi connectivity index (χ3v) is 1.21. The lowest BCUT2D eigenvalue weighted by Crippen LogP contribution is -1.97. The average molecular weight is 154 g/mol. The van der Waals surface area contributed by atoms with Crippen molar-refractivity contribution in [3.05, 3.63) is 11.5 Å². The van der Waals surface area contributed by atoms with E-state index in [0.29, 0.717) is 18.2 Å². The molecule has 0 aromatic carbocycles. The molecule has 0 atom stereocenters. The van der Waals surface area contributed by atoms with E-state index >= 15 is 0 Å². The summed E-state index contributed by atoms with van der Waals surface area (Å²) >= 11 is 0. The second kappa shape index (κ2) is 3.75. The molecule has 0 spiro atoms. The summed E-state index contributed by atoms with van der Waals surface area (Å²) in [6.07, 6.45) is 3.22. The Balaban J connectivity index is 2.79. The van der Waals surface area contributed by atoms with Crippen molar-refractivity contribution in [3.63, 3.8) is 0 Å². The maximum atomic E-state index is 5.10. The van der Waals surface area contributed by atoms with Crippen molar-refractivity contribution < 1.29 is 9.47 Å². The summed E-state index contributed by atoms with van der Waals surface area (Å²) in [5, 5.41) is 0. The fraction of sp³-hybridized carbons (Fsp3) is 0.429. The second-order valence-electron chi connectivity index (χ2n) is 1.91. The number of nitrogens with zero attached hydrogens (tertiary/aromatic N) is 2. The molecule has 1 aliphatic heterocycles. The van der Waals surface area contributed by atoms with E-state index in [1.54, 1.807) is 26.6 Å². The van der Waals surface area contributed by atoms with E-state index in [0.717, 1.165) is 0 Å². The molecule has 0 aliphatic carbocycles. The van der Waals surface area contributed by atoms with E-state index in [1.165, 1.54) is 0 Å². The van der Waals surface area contributed by atoms with Crippen LogP contribution in [-0.2, 0) is 9.47 Å². The highest BCUT2D eigenvalue weighted by Gasteiger charge is 2.07. The van der Waals surface area contributed by atoms with Crippen molar-refractivity contribution in [2.45, 2.75) is 0 Å². The number of aliphatic imine (C=N–C) groups is 2. The van der Waals surface area contributed by atoms with E-state index in [4.69, 9.17) is 9.47 Å². The number of ether oxygens (including phenoxy) is 2. The molecular weight excluding hydrogens is 144 g/mol. The Morgan fingerprint density at radius 2 is 2.73 bits per heavy atom. The van der Waals surface area contributed by atoms with E-state index in [9.17, 15) is 0 Å². The monoisotopic (exact) mass is 154 g/mol. The quantitative estimate of drug-likeness (QED) is 0.432. The lowest BCUT2D eigenvalue weighted by Gasteiger charge is -2.01. The van der Waals surface area contributed by atoms with Crippen molar-refractivity contribution in [3.8, 4) is 0 Å². The van der Waals surface area contributed by atoms with Gasteiger partial charge in [-0.2, -0.15) is 0 Å². The molecule has 1 aliphatic rings. The normalized spacial score (nSPS) is 20.5. The number of rotatable bonds is 2. The van der Waals surface area contributed by atoms with E-state index < -0.39 is 0 Å². The van der Waals surface area contributed by atoms with Gasteiger partial charge in [0.05, 0.1) is 19.5 Å². The van der Waals surface area contributed by atoms with Gasteiger partial charge < -0.3 is 9.47 Å². The third kappa shape index (κ3) is 1.80. The zero-order valence-corrected chi connectivity index (χ0v) is 6.57. The summed E-state index contributed by atoms with van der Waals surface area (Å²) in [7, 11) is 3.24. The topological polar surface area (TPSA) is 43.2 Å². The Morgan fingerprint density at radius 3 is 3.18 bits per heavy atom. The molecule has 0 saturated heterocycles. The van der Waals surface area contributed by atoms with Crippen molar-refractivity contribution in [2.24, 2.45) is 9.98 Å². The first-order chi connectivity index (χ1) is 5.38. The molecule has 0 bridgehead atoms. The molecule has 4 heteroatoms. The summed E-state index contributed by atoms with van der Waals surface area (Å²) < 4.78 is 10.1. The third-order valence-electron chi connectivity index (χ3n) is 1.21. The Bertz CT molecular complexity index is 218. The highest BCUT2D eigenvalue weighted by Crippen LogP contribution is 2.07. The number of hydrogen-bond acceptors (Lipinski definition) is 4. The van der Waals surface area contributed by atoms with Gasteiger partial charge in [-0.25, -0.2) is 4.99 Å². The maximum absolute atomic E-state index is 5.10. The number of allylic oxidation sites excluding steroid dienone is 2.